The van der Waals surface area contributed by atoms with Crippen LogP contribution in [0.2, 0.25) is 0 Å². The van der Waals surface area contributed by atoms with Crippen molar-refractivity contribution in [2.45, 2.75) is 37.8 Å². The van der Waals surface area contributed by atoms with Gasteiger partial charge in [0.2, 0.25) is 21.8 Å². The Balaban J connectivity index is 1.76. The van der Waals surface area contributed by atoms with Gasteiger partial charge >= 0.3 is 0 Å². The lowest BCUT2D eigenvalue weighted by molar-refractivity contribution is -0.155. The number of pyridine rings is 1. The summed E-state index contributed by atoms with van der Waals surface area (Å²) in [6.45, 7) is 1.23. The Morgan fingerprint density at radius 2 is 2.00 bits per heavy atom. The Morgan fingerprint density at radius 3 is 2.65 bits per heavy atom. The fourth-order valence-corrected chi connectivity index (χ4v) is 4.30. The smallest absolute Gasteiger partial charge is 0.248 e. The average molecular weight is 380 g/mol. The van der Waals surface area contributed by atoms with Crippen molar-refractivity contribution in [3.63, 3.8) is 0 Å². The van der Waals surface area contributed by atoms with Crippen molar-refractivity contribution in [1.29, 1.82) is 0 Å². The number of nitrogens with one attached hydrogen (secondary N) is 1. The van der Waals surface area contributed by atoms with Gasteiger partial charge in [0.05, 0.1) is 25.0 Å². The van der Waals surface area contributed by atoms with Crippen LogP contribution in [0.4, 0.5) is 0 Å². The van der Waals surface area contributed by atoms with Crippen LogP contribution in [-0.4, -0.2) is 66.4 Å². The van der Waals surface area contributed by atoms with E-state index in [-0.39, 0.29) is 18.4 Å². The van der Waals surface area contributed by atoms with Crippen LogP contribution in [-0.2, 0) is 26.2 Å². The second-order valence-electron chi connectivity index (χ2n) is 6.93. The van der Waals surface area contributed by atoms with Gasteiger partial charge in [0.25, 0.3) is 0 Å². The summed E-state index contributed by atoms with van der Waals surface area (Å²) >= 11 is 0. The van der Waals surface area contributed by atoms with E-state index in [1.807, 2.05) is 18.2 Å². The summed E-state index contributed by atoms with van der Waals surface area (Å²) in [6.07, 6.45) is 5.50. The largest absolute Gasteiger partial charge is 0.335 e. The van der Waals surface area contributed by atoms with Crippen LogP contribution in [0.3, 0.4) is 0 Å². The number of amides is 2. The highest BCUT2D eigenvalue weighted by Crippen LogP contribution is 2.38. The van der Waals surface area contributed by atoms with Gasteiger partial charge in [-0.25, -0.2) is 13.1 Å². The minimum atomic E-state index is -3.46. The molecule has 0 radical (unpaired) electrons. The quantitative estimate of drug-likeness (QED) is 0.782. The van der Waals surface area contributed by atoms with Gasteiger partial charge in [-0.05, 0) is 37.8 Å². The Kier molecular flexibility index (Phi) is 5.29. The summed E-state index contributed by atoms with van der Waals surface area (Å²) in [4.78, 5) is 33.5. The Morgan fingerprint density at radius 1 is 1.27 bits per heavy atom. The first-order valence-corrected chi connectivity index (χ1v) is 10.7. The zero-order valence-electron chi connectivity index (χ0n) is 14.8. The standard InChI is InChI=1S/C17H24N4O4S/c1-26(24,25)19-12-15(22)21-11-5-8-17(21)7-4-10-20(16(17)23)13-14-6-2-3-9-18-14/h2-3,6,9,19H,4-5,7-8,10-13H2,1H3. The van der Waals surface area contributed by atoms with Gasteiger partial charge in [-0.1, -0.05) is 6.07 Å². The number of hydrogen-bond acceptors (Lipinski definition) is 5. The van der Waals surface area contributed by atoms with E-state index in [0.29, 0.717) is 32.5 Å². The summed E-state index contributed by atoms with van der Waals surface area (Å²) in [7, 11) is -3.46. The molecule has 2 fully saturated rings. The number of carbonyl (C=O) groups is 2. The van der Waals surface area contributed by atoms with Crippen LogP contribution >= 0.6 is 0 Å². The lowest BCUT2D eigenvalue weighted by Gasteiger charge is -2.44. The molecule has 1 N–H and O–H groups in total. The van der Waals surface area contributed by atoms with E-state index in [4.69, 9.17) is 0 Å². The molecular formula is C17H24N4O4S. The Hall–Kier alpha value is -2.00. The number of rotatable bonds is 5. The van der Waals surface area contributed by atoms with Crippen molar-refractivity contribution in [1.82, 2.24) is 19.5 Å². The fraction of sp³-hybridized carbons (Fsp3) is 0.588. The van der Waals surface area contributed by atoms with Crippen molar-refractivity contribution in [2.24, 2.45) is 0 Å². The van der Waals surface area contributed by atoms with Crippen LogP contribution in [0.5, 0.6) is 0 Å². The Bertz CT molecular complexity index is 783. The number of carbonyl (C=O) groups excluding carboxylic acids is 2. The molecule has 3 heterocycles. The van der Waals surface area contributed by atoms with Crippen LogP contribution in [0, 0.1) is 0 Å². The summed E-state index contributed by atoms with van der Waals surface area (Å²) in [5.74, 6) is -0.402. The first-order valence-electron chi connectivity index (χ1n) is 8.76. The van der Waals surface area contributed by atoms with E-state index < -0.39 is 15.6 Å². The highest BCUT2D eigenvalue weighted by molar-refractivity contribution is 7.88. The van der Waals surface area contributed by atoms with E-state index in [0.717, 1.165) is 24.8 Å². The molecule has 2 aliphatic rings. The van der Waals surface area contributed by atoms with Gasteiger partial charge in [-0.3, -0.25) is 14.6 Å². The number of likely N-dealkylation sites (tertiary alicyclic amines) is 2. The normalized spacial score (nSPS) is 23.7. The predicted molar refractivity (Wildman–Crippen MR) is 95.4 cm³/mol. The third-order valence-electron chi connectivity index (χ3n) is 5.06. The van der Waals surface area contributed by atoms with Crippen LogP contribution in [0.1, 0.15) is 31.4 Å². The van der Waals surface area contributed by atoms with E-state index in [1.54, 1.807) is 16.0 Å². The molecule has 0 aliphatic carbocycles. The van der Waals surface area contributed by atoms with E-state index >= 15 is 0 Å². The van der Waals surface area contributed by atoms with Crippen LogP contribution in [0.25, 0.3) is 0 Å². The number of aromatic nitrogens is 1. The van der Waals surface area contributed by atoms with E-state index in [9.17, 15) is 18.0 Å². The molecule has 1 atom stereocenters. The topological polar surface area (TPSA) is 99.7 Å². The highest BCUT2D eigenvalue weighted by Gasteiger charge is 2.52. The minimum absolute atomic E-state index is 0.0559. The molecule has 1 aromatic rings. The number of piperidine rings is 1. The maximum absolute atomic E-state index is 13.2. The summed E-state index contributed by atoms with van der Waals surface area (Å²) in [5, 5.41) is 0. The van der Waals surface area contributed by atoms with Crippen molar-refractivity contribution in [3.8, 4) is 0 Å². The molecule has 0 saturated carbocycles. The first-order chi connectivity index (χ1) is 12.3. The van der Waals surface area contributed by atoms with Gasteiger partial charge in [-0.2, -0.15) is 0 Å². The van der Waals surface area contributed by atoms with Gasteiger partial charge in [0, 0.05) is 19.3 Å². The fourth-order valence-electron chi connectivity index (χ4n) is 3.92. The van der Waals surface area contributed by atoms with Crippen LogP contribution < -0.4 is 4.72 Å². The van der Waals surface area contributed by atoms with E-state index in [2.05, 4.69) is 9.71 Å². The second kappa shape index (κ2) is 7.32. The predicted octanol–water partition coefficient (Wildman–Crippen LogP) is 0.114. The molecule has 142 valence electrons. The molecule has 1 spiro atoms. The SMILES string of the molecule is CS(=O)(=O)NCC(=O)N1CCCC12CCCN(Cc1ccccn1)C2=O. The van der Waals surface area contributed by atoms with Crippen molar-refractivity contribution >= 4 is 21.8 Å². The minimum Gasteiger partial charge on any atom is -0.335 e. The zero-order chi connectivity index (χ0) is 18.8. The molecule has 1 unspecified atom stereocenters. The summed E-state index contributed by atoms with van der Waals surface area (Å²) in [6, 6.07) is 5.59. The molecule has 2 aliphatic heterocycles. The maximum Gasteiger partial charge on any atom is 0.248 e. The zero-order valence-corrected chi connectivity index (χ0v) is 15.7. The second-order valence-corrected chi connectivity index (χ2v) is 8.76. The van der Waals surface area contributed by atoms with Crippen LogP contribution in [0.15, 0.2) is 24.4 Å². The summed E-state index contributed by atoms with van der Waals surface area (Å²) in [5.41, 5.74) is -0.0314. The molecule has 2 amide bonds. The monoisotopic (exact) mass is 380 g/mol. The molecule has 3 rings (SSSR count). The van der Waals surface area contributed by atoms with Crippen molar-refractivity contribution in [2.75, 3.05) is 25.9 Å². The van der Waals surface area contributed by atoms with Gasteiger partial charge < -0.3 is 9.80 Å². The molecule has 26 heavy (non-hydrogen) atoms. The molecule has 9 heteroatoms. The lowest BCUT2D eigenvalue weighted by Crippen LogP contribution is -2.62. The number of hydrogen-bond donors (Lipinski definition) is 1. The first kappa shape index (κ1) is 18.8. The number of nitrogens with zero attached hydrogens (tertiary/aromatic N) is 3. The molecule has 0 aromatic carbocycles. The third kappa shape index (κ3) is 3.88. The molecule has 1 aromatic heterocycles. The summed E-state index contributed by atoms with van der Waals surface area (Å²) < 4.78 is 24.8. The van der Waals surface area contributed by atoms with Gasteiger partial charge in [0.1, 0.15) is 5.54 Å². The molecule has 0 bridgehead atoms. The number of sulfonamides is 1. The molecule has 8 nitrogen and oxygen atoms in total. The van der Waals surface area contributed by atoms with Gasteiger partial charge in [-0.15, -0.1) is 0 Å². The third-order valence-corrected chi connectivity index (χ3v) is 5.73. The van der Waals surface area contributed by atoms with Crippen molar-refractivity contribution in [3.05, 3.63) is 30.1 Å². The Labute approximate surface area is 153 Å². The van der Waals surface area contributed by atoms with Gasteiger partial charge in [0.15, 0.2) is 0 Å². The molecule has 2 saturated heterocycles. The van der Waals surface area contributed by atoms with E-state index in [1.165, 1.54) is 0 Å². The average Bonchev–Trinajstić information content (AvgIpc) is 3.02. The maximum atomic E-state index is 13.2. The van der Waals surface area contributed by atoms with Crippen molar-refractivity contribution < 1.29 is 18.0 Å². The lowest BCUT2D eigenvalue weighted by atomic mass is 9.85. The molecular weight excluding hydrogens is 356 g/mol. The highest BCUT2D eigenvalue weighted by atomic mass is 32.2.